The van der Waals surface area contributed by atoms with Gasteiger partial charge in [-0.2, -0.15) is 26.3 Å². The first-order chi connectivity index (χ1) is 12.5. The summed E-state index contributed by atoms with van der Waals surface area (Å²) in [7, 11) is 0. The van der Waals surface area contributed by atoms with Crippen LogP contribution in [0.15, 0.2) is 30.7 Å². The number of morpholine rings is 1. The van der Waals surface area contributed by atoms with E-state index < -0.39 is 29.6 Å². The van der Waals surface area contributed by atoms with E-state index in [2.05, 4.69) is 10.3 Å². The van der Waals surface area contributed by atoms with Crippen LogP contribution < -0.4 is 5.32 Å². The van der Waals surface area contributed by atoms with Crippen LogP contribution in [0.3, 0.4) is 0 Å². The first-order valence-electron chi connectivity index (χ1n) is 7.76. The summed E-state index contributed by atoms with van der Waals surface area (Å²) in [5.74, 6) is -0.353. The highest BCUT2D eigenvalue weighted by Crippen LogP contribution is 2.37. The van der Waals surface area contributed by atoms with Crippen LogP contribution >= 0.6 is 0 Å². The van der Waals surface area contributed by atoms with Gasteiger partial charge in [0.2, 0.25) is 5.91 Å². The van der Waals surface area contributed by atoms with E-state index in [9.17, 15) is 31.1 Å². The summed E-state index contributed by atoms with van der Waals surface area (Å²) in [6.45, 7) is 0.675. The van der Waals surface area contributed by atoms with Crippen molar-refractivity contribution in [3.05, 3.63) is 47.5 Å². The number of nitrogens with zero attached hydrogens (tertiary/aromatic N) is 2. The van der Waals surface area contributed by atoms with Gasteiger partial charge in [0.15, 0.2) is 0 Å². The number of benzene rings is 1. The molecular formula is C16H13F6N3O2. The lowest BCUT2D eigenvalue weighted by Crippen LogP contribution is -2.45. The van der Waals surface area contributed by atoms with Crippen LogP contribution in [-0.4, -0.2) is 34.7 Å². The Hall–Kier alpha value is -2.56. The van der Waals surface area contributed by atoms with E-state index >= 15 is 0 Å². The fourth-order valence-corrected chi connectivity index (χ4v) is 2.60. The molecule has 0 unspecified atom stereocenters. The van der Waals surface area contributed by atoms with E-state index in [0.717, 1.165) is 10.9 Å². The number of rotatable bonds is 3. The molecule has 1 atom stereocenters. The summed E-state index contributed by atoms with van der Waals surface area (Å²) < 4.78 is 84.1. The monoisotopic (exact) mass is 393 g/mol. The number of nitrogens with one attached hydrogen (secondary N) is 1. The minimum Gasteiger partial charge on any atom is -0.366 e. The van der Waals surface area contributed by atoms with Crippen LogP contribution in [0.4, 0.5) is 26.3 Å². The van der Waals surface area contributed by atoms with Gasteiger partial charge >= 0.3 is 12.4 Å². The molecule has 1 N–H and O–H groups in total. The Morgan fingerprint density at radius 2 is 1.74 bits per heavy atom. The van der Waals surface area contributed by atoms with Gasteiger partial charge in [0, 0.05) is 24.8 Å². The van der Waals surface area contributed by atoms with E-state index in [-0.39, 0.29) is 24.1 Å². The molecule has 2 aromatic rings. The average molecular weight is 393 g/mol. The summed E-state index contributed by atoms with van der Waals surface area (Å²) >= 11 is 0. The number of alkyl halides is 6. The summed E-state index contributed by atoms with van der Waals surface area (Å²) in [5, 5.41) is 2.59. The van der Waals surface area contributed by atoms with Gasteiger partial charge in [-0.25, -0.2) is 4.98 Å². The zero-order valence-corrected chi connectivity index (χ0v) is 13.6. The number of ether oxygens (including phenoxy) is 1. The van der Waals surface area contributed by atoms with Gasteiger partial charge in [-0.3, -0.25) is 4.79 Å². The van der Waals surface area contributed by atoms with Crippen molar-refractivity contribution in [2.75, 3.05) is 13.2 Å². The number of amides is 1. The van der Waals surface area contributed by atoms with Gasteiger partial charge in [0.1, 0.15) is 6.10 Å². The van der Waals surface area contributed by atoms with Gasteiger partial charge in [-0.1, -0.05) is 0 Å². The SMILES string of the molecule is O=C1NCCO[C@H]1Cc1cn(-c2cc(C(F)(F)F)cc(C(F)(F)F)c2)cn1. The van der Waals surface area contributed by atoms with Crippen LogP contribution in [0.25, 0.3) is 5.69 Å². The average Bonchev–Trinajstić information content (AvgIpc) is 3.04. The zero-order chi connectivity index (χ0) is 19.8. The van der Waals surface area contributed by atoms with E-state index in [4.69, 9.17) is 4.74 Å². The fourth-order valence-electron chi connectivity index (χ4n) is 2.60. The van der Waals surface area contributed by atoms with Gasteiger partial charge in [0.05, 0.1) is 29.8 Å². The standard InChI is InChI=1S/C16H13F6N3O2/c17-15(18,19)9-3-10(16(20,21)22)5-12(4-9)25-7-11(24-8-25)6-13-14(26)23-1-2-27-13/h3-5,7-8,13H,1-2,6H2,(H,23,26)/t13-/m0/s1. The zero-order valence-electron chi connectivity index (χ0n) is 13.6. The second kappa shape index (κ2) is 6.87. The van der Waals surface area contributed by atoms with Gasteiger partial charge in [-0.15, -0.1) is 0 Å². The van der Waals surface area contributed by atoms with Crippen molar-refractivity contribution in [1.29, 1.82) is 0 Å². The van der Waals surface area contributed by atoms with Gasteiger partial charge in [0.25, 0.3) is 0 Å². The predicted octanol–water partition coefficient (Wildman–Crippen LogP) is 2.97. The number of carbonyl (C=O) groups is 1. The van der Waals surface area contributed by atoms with Gasteiger partial charge in [-0.05, 0) is 18.2 Å². The van der Waals surface area contributed by atoms with Crippen molar-refractivity contribution in [2.24, 2.45) is 0 Å². The molecule has 11 heteroatoms. The molecular weight excluding hydrogens is 380 g/mol. The Morgan fingerprint density at radius 1 is 1.11 bits per heavy atom. The molecule has 0 aliphatic carbocycles. The number of hydrogen-bond acceptors (Lipinski definition) is 3. The lowest BCUT2D eigenvalue weighted by molar-refractivity contribution is -0.143. The molecule has 0 radical (unpaired) electrons. The molecule has 3 rings (SSSR count). The third-order valence-electron chi connectivity index (χ3n) is 3.91. The fraction of sp³-hybridized carbons (Fsp3) is 0.375. The minimum atomic E-state index is -4.94. The van der Waals surface area contributed by atoms with Crippen LogP contribution in [0.5, 0.6) is 0 Å². The minimum absolute atomic E-state index is 0.0456. The van der Waals surface area contributed by atoms with Crippen LogP contribution in [0, 0.1) is 0 Å². The van der Waals surface area contributed by atoms with Crippen molar-refractivity contribution < 1.29 is 35.9 Å². The molecule has 0 saturated carbocycles. The maximum absolute atomic E-state index is 13.0. The molecule has 0 bridgehead atoms. The lowest BCUT2D eigenvalue weighted by Gasteiger charge is -2.21. The Kier molecular flexibility index (Phi) is 4.89. The first-order valence-corrected chi connectivity index (χ1v) is 7.76. The second-order valence-corrected chi connectivity index (χ2v) is 5.89. The molecule has 1 fully saturated rings. The summed E-state index contributed by atoms with van der Waals surface area (Å²) in [4.78, 5) is 15.6. The number of carbonyl (C=O) groups excluding carboxylic acids is 1. The first kappa shape index (κ1) is 19.2. The molecule has 2 heterocycles. The molecule has 1 aliphatic heterocycles. The number of aromatic nitrogens is 2. The highest BCUT2D eigenvalue weighted by Gasteiger charge is 2.37. The lowest BCUT2D eigenvalue weighted by atomic mass is 10.1. The van der Waals surface area contributed by atoms with E-state index in [1.54, 1.807) is 0 Å². The maximum Gasteiger partial charge on any atom is 0.416 e. The molecule has 1 saturated heterocycles. The molecule has 27 heavy (non-hydrogen) atoms. The van der Waals surface area contributed by atoms with Crippen LogP contribution in [0.2, 0.25) is 0 Å². The van der Waals surface area contributed by atoms with E-state index in [1.807, 2.05) is 0 Å². The van der Waals surface area contributed by atoms with Crippen molar-refractivity contribution in [1.82, 2.24) is 14.9 Å². The summed E-state index contributed by atoms with van der Waals surface area (Å²) in [6.07, 6.45) is -8.29. The Labute approximate surface area is 148 Å². The number of halogens is 6. The molecule has 146 valence electrons. The Bertz CT molecular complexity index is 811. The normalized spacial score (nSPS) is 18.4. The van der Waals surface area contributed by atoms with Crippen molar-refractivity contribution in [2.45, 2.75) is 24.9 Å². The highest BCUT2D eigenvalue weighted by atomic mass is 19.4. The van der Waals surface area contributed by atoms with Crippen molar-refractivity contribution in [3.63, 3.8) is 0 Å². The van der Waals surface area contributed by atoms with Crippen molar-refractivity contribution >= 4 is 5.91 Å². The molecule has 0 spiro atoms. The van der Waals surface area contributed by atoms with Crippen LogP contribution in [-0.2, 0) is 28.3 Å². The summed E-state index contributed by atoms with van der Waals surface area (Å²) in [5.41, 5.74) is -2.89. The predicted molar refractivity (Wildman–Crippen MR) is 80.0 cm³/mol. The maximum atomic E-state index is 13.0. The molecule has 1 aliphatic rings. The number of imidazole rings is 1. The Morgan fingerprint density at radius 3 is 2.30 bits per heavy atom. The molecule has 1 aromatic carbocycles. The molecule has 1 aromatic heterocycles. The Balaban J connectivity index is 1.92. The van der Waals surface area contributed by atoms with Gasteiger partial charge < -0.3 is 14.6 Å². The highest BCUT2D eigenvalue weighted by molar-refractivity contribution is 5.81. The topological polar surface area (TPSA) is 56.1 Å². The largest absolute Gasteiger partial charge is 0.416 e. The third-order valence-corrected chi connectivity index (χ3v) is 3.91. The quantitative estimate of drug-likeness (QED) is 0.816. The van der Waals surface area contributed by atoms with Crippen molar-refractivity contribution in [3.8, 4) is 5.69 Å². The number of hydrogen-bond donors (Lipinski definition) is 1. The van der Waals surface area contributed by atoms with Crippen LogP contribution in [0.1, 0.15) is 16.8 Å². The van der Waals surface area contributed by atoms with E-state index in [0.29, 0.717) is 31.0 Å². The molecule has 5 nitrogen and oxygen atoms in total. The second-order valence-electron chi connectivity index (χ2n) is 5.89. The third kappa shape index (κ3) is 4.41. The summed E-state index contributed by atoms with van der Waals surface area (Å²) in [6, 6.07) is 1.26. The smallest absolute Gasteiger partial charge is 0.366 e. The molecule has 1 amide bonds. The van der Waals surface area contributed by atoms with E-state index in [1.165, 1.54) is 6.20 Å².